The number of amides is 1. The fraction of sp³-hybridized carbons (Fsp3) is 0.263. The van der Waals surface area contributed by atoms with Crippen LogP contribution in [0.3, 0.4) is 0 Å². The first-order chi connectivity index (χ1) is 12.9. The lowest BCUT2D eigenvalue weighted by molar-refractivity contribution is -0.137. The standard InChI is InChI=1S/C19H20N4O3S/c1-12-17(27-19(21-12)14-10-20-23(2)11-14)18(26)22-15(8-9-16(24)25)13-6-4-3-5-7-13/h3-7,10-11,15H,8-9H2,1-2H3,(H,22,26)(H,24,25). The van der Waals surface area contributed by atoms with Crippen molar-refractivity contribution in [2.75, 3.05) is 0 Å². The maximum Gasteiger partial charge on any atom is 0.303 e. The summed E-state index contributed by atoms with van der Waals surface area (Å²) in [5, 5.41) is 16.8. The quantitative estimate of drug-likeness (QED) is 0.652. The third kappa shape index (κ3) is 4.59. The third-order valence-corrected chi connectivity index (χ3v) is 5.31. The largest absolute Gasteiger partial charge is 0.481 e. The highest BCUT2D eigenvalue weighted by atomic mass is 32.1. The predicted molar refractivity (Wildman–Crippen MR) is 103 cm³/mol. The second-order valence-electron chi connectivity index (χ2n) is 6.21. The Bertz CT molecular complexity index is 949. The number of hydrogen-bond acceptors (Lipinski definition) is 5. The van der Waals surface area contributed by atoms with Crippen molar-refractivity contribution in [1.82, 2.24) is 20.1 Å². The summed E-state index contributed by atoms with van der Waals surface area (Å²) >= 11 is 1.30. The summed E-state index contributed by atoms with van der Waals surface area (Å²) in [5.41, 5.74) is 2.37. The number of thiazole rings is 1. The molecule has 0 fully saturated rings. The molecule has 140 valence electrons. The van der Waals surface area contributed by atoms with Gasteiger partial charge in [0.25, 0.3) is 5.91 Å². The van der Waals surface area contributed by atoms with Crippen LogP contribution in [-0.2, 0) is 11.8 Å². The molecule has 0 saturated carbocycles. The Kier molecular flexibility index (Phi) is 5.66. The first-order valence-electron chi connectivity index (χ1n) is 8.48. The molecule has 0 aliphatic heterocycles. The molecule has 0 saturated heterocycles. The second-order valence-corrected chi connectivity index (χ2v) is 7.20. The predicted octanol–water partition coefficient (Wildman–Crippen LogP) is 3.19. The summed E-state index contributed by atoms with van der Waals surface area (Å²) in [7, 11) is 1.82. The minimum Gasteiger partial charge on any atom is -0.481 e. The fourth-order valence-corrected chi connectivity index (χ4v) is 3.71. The van der Waals surface area contributed by atoms with Gasteiger partial charge in [-0.2, -0.15) is 5.10 Å². The number of aromatic nitrogens is 3. The molecular formula is C19H20N4O3S. The van der Waals surface area contributed by atoms with Gasteiger partial charge in [0, 0.05) is 25.2 Å². The van der Waals surface area contributed by atoms with Crippen molar-refractivity contribution < 1.29 is 14.7 Å². The molecule has 1 unspecified atom stereocenters. The summed E-state index contributed by atoms with van der Waals surface area (Å²) < 4.78 is 1.68. The number of carbonyl (C=O) groups excluding carboxylic acids is 1. The van der Waals surface area contributed by atoms with E-state index in [9.17, 15) is 9.59 Å². The van der Waals surface area contributed by atoms with E-state index < -0.39 is 5.97 Å². The van der Waals surface area contributed by atoms with Crippen LogP contribution in [0.15, 0.2) is 42.7 Å². The lowest BCUT2D eigenvalue weighted by atomic mass is 10.0. The molecule has 3 aromatic rings. The second kappa shape index (κ2) is 8.13. The lowest BCUT2D eigenvalue weighted by Crippen LogP contribution is -2.29. The molecular weight excluding hydrogens is 364 g/mol. The molecule has 0 aliphatic carbocycles. The van der Waals surface area contributed by atoms with Crippen LogP contribution in [0, 0.1) is 6.92 Å². The molecule has 2 aromatic heterocycles. The third-order valence-electron chi connectivity index (χ3n) is 4.11. The Hall–Kier alpha value is -3.00. The van der Waals surface area contributed by atoms with Crippen molar-refractivity contribution in [3.05, 3.63) is 58.9 Å². The molecule has 0 spiro atoms. The Balaban J connectivity index is 1.81. The molecule has 8 heteroatoms. The van der Waals surface area contributed by atoms with E-state index in [1.807, 2.05) is 43.6 Å². The van der Waals surface area contributed by atoms with E-state index in [2.05, 4.69) is 15.4 Å². The maximum absolute atomic E-state index is 12.8. The van der Waals surface area contributed by atoms with Crippen molar-refractivity contribution in [3.63, 3.8) is 0 Å². The van der Waals surface area contributed by atoms with Gasteiger partial charge in [-0.15, -0.1) is 11.3 Å². The molecule has 27 heavy (non-hydrogen) atoms. The van der Waals surface area contributed by atoms with Gasteiger partial charge < -0.3 is 10.4 Å². The zero-order chi connectivity index (χ0) is 19.4. The van der Waals surface area contributed by atoms with E-state index in [0.29, 0.717) is 17.0 Å². The van der Waals surface area contributed by atoms with Gasteiger partial charge >= 0.3 is 5.97 Å². The van der Waals surface area contributed by atoms with Crippen molar-refractivity contribution in [2.45, 2.75) is 25.8 Å². The number of nitrogens with one attached hydrogen (secondary N) is 1. The molecule has 0 bridgehead atoms. The summed E-state index contributed by atoms with van der Waals surface area (Å²) in [4.78, 5) is 28.8. The number of rotatable bonds is 7. The minimum absolute atomic E-state index is 0.0253. The highest BCUT2D eigenvalue weighted by molar-refractivity contribution is 7.17. The van der Waals surface area contributed by atoms with Crippen LogP contribution < -0.4 is 5.32 Å². The molecule has 7 nitrogen and oxygen atoms in total. The van der Waals surface area contributed by atoms with Crippen LogP contribution in [0.25, 0.3) is 10.6 Å². The Morgan fingerprint density at radius 3 is 2.67 bits per heavy atom. The molecule has 0 radical (unpaired) electrons. The molecule has 2 heterocycles. The highest BCUT2D eigenvalue weighted by Gasteiger charge is 2.21. The number of carbonyl (C=O) groups is 2. The normalized spacial score (nSPS) is 11.9. The van der Waals surface area contributed by atoms with Gasteiger partial charge in [-0.3, -0.25) is 14.3 Å². The zero-order valence-corrected chi connectivity index (χ0v) is 15.9. The monoisotopic (exact) mass is 384 g/mol. The first kappa shape index (κ1) is 18.8. The number of carboxylic acid groups (broad SMARTS) is 1. The summed E-state index contributed by atoms with van der Waals surface area (Å²) in [6, 6.07) is 9.01. The molecule has 1 aromatic carbocycles. The number of hydrogen-bond donors (Lipinski definition) is 2. The van der Waals surface area contributed by atoms with E-state index in [4.69, 9.17) is 5.11 Å². The zero-order valence-electron chi connectivity index (χ0n) is 15.0. The van der Waals surface area contributed by atoms with Crippen LogP contribution in [0.2, 0.25) is 0 Å². The molecule has 1 amide bonds. The molecule has 3 rings (SSSR count). The highest BCUT2D eigenvalue weighted by Crippen LogP contribution is 2.28. The summed E-state index contributed by atoms with van der Waals surface area (Å²) in [6.45, 7) is 1.79. The molecule has 0 aliphatic rings. The van der Waals surface area contributed by atoms with E-state index >= 15 is 0 Å². The summed E-state index contributed by atoms with van der Waals surface area (Å²) in [6.07, 6.45) is 3.85. The fourth-order valence-electron chi connectivity index (χ4n) is 2.76. The number of benzene rings is 1. The van der Waals surface area contributed by atoms with Gasteiger partial charge in [0.2, 0.25) is 0 Å². The Morgan fingerprint density at radius 1 is 1.30 bits per heavy atom. The first-order valence-corrected chi connectivity index (χ1v) is 9.29. The molecule has 1 atom stereocenters. The van der Waals surface area contributed by atoms with Crippen molar-refractivity contribution in [1.29, 1.82) is 0 Å². The maximum atomic E-state index is 12.8. The SMILES string of the molecule is Cc1nc(-c2cnn(C)c2)sc1C(=O)NC(CCC(=O)O)c1ccccc1. The van der Waals surface area contributed by atoms with E-state index in [1.54, 1.807) is 17.8 Å². The van der Waals surface area contributed by atoms with Crippen LogP contribution in [0.1, 0.15) is 39.8 Å². The Morgan fingerprint density at radius 2 is 2.04 bits per heavy atom. The van der Waals surface area contributed by atoms with Crippen LogP contribution >= 0.6 is 11.3 Å². The van der Waals surface area contributed by atoms with Gasteiger partial charge in [-0.25, -0.2) is 4.98 Å². The average molecular weight is 384 g/mol. The van der Waals surface area contributed by atoms with Crippen molar-refractivity contribution in [2.24, 2.45) is 7.05 Å². The summed E-state index contributed by atoms with van der Waals surface area (Å²) in [5.74, 6) is -1.14. The van der Waals surface area contributed by atoms with E-state index in [1.165, 1.54) is 11.3 Å². The smallest absolute Gasteiger partial charge is 0.303 e. The van der Waals surface area contributed by atoms with Crippen molar-refractivity contribution in [3.8, 4) is 10.6 Å². The van der Waals surface area contributed by atoms with E-state index in [-0.39, 0.29) is 18.4 Å². The van der Waals surface area contributed by atoms with Crippen molar-refractivity contribution >= 4 is 23.2 Å². The lowest BCUT2D eigenvalue weighted by Gasteiger charge is -2.18. The number of nitrogens with zero attached hydrogens (tertiary/aromatic N) is 3. The molecule has 2 N–H and O–H groups in total. The van der Waals surface area contributed by atoms with E-state index in [0.717, 1.165) is 16.1 Å². The van der Waals surface area contributed by atoms with Crippen LogP contribution in [0.5, 0.6) is 0 Å². The number of aryl methyl sites for hydroxylation is 2. The van der Waals surface area contributed by atoms with Gasteiger partial charge in [-0.1, -0.05) is 30.3 Å². The number of carboxylic acids is 1. The number of aliphatic carboxylic acids is 1. The minimum atomic E-state index is -0.891. The van der Waals surface area contributed by atoms with Gasteiger partial charge in [-0.05, 0) is 18.9 Å². The van der Waals surface area contributed by atoms with Gasteiger partial charge in [0.05, 0.1) is 17.9 Å². The van der Waals surface area contributed by atoms with Gasteiger partial charge in [0.1, 0.15) is 9.88 Å². The Labute approximate surface area is 160 Å². The van der Waals surface area contributed by atoms with Crippen LogP contribution in [-0.4, -0.2) is 31.7 Å². The topological polar surface area (TPSA) is 97.1 Å². The van der Waals surface area contributed by atoms with Crippen LogP contribution in [0.4, 0.5) is 0 Å². The average Bonchev–Trinajstić information content (AvgIpc) is 3.24. The van der Waals surface area contributed by atoms with Gasteiger partial charge in [0.15, 0.2) is 0 Å².